The highest BCUT2D eigenvalue weighted by atomic mass is 32.1. The molecule has 122 valence electrons. The first-order chi connectivity index (χ1) is 11.7. The maximum atomic E-state index is 12.0. The van der Waals surface area contributed by atoms with Gasteiger partial charge >= 0.3 is 0 Å². The van der Waals surface area contributed by atoms with E-state index in [0.717, 1.165) is 5.69 Å². The van der Waals surface area contributed by atoms with Gasteiger partial charge in [-0.2, -0.15) is 0 Å². The lowest BCUT2D eigenvalue weighted by atomic mass is 10.2. The number of carbonyl (C=O) groups is 1. The summed E-state index contributed by atoms with van der Waals surface area (Å²) in [5.74, 6) is 7.14. The monoisotopic (exact) mass is 340 g/mol. The fraction of sp³-hybridized carbons (Fsp3) is 0.333. The standard InChI is InChI=1S/C18H16N2O3S/c1-11(14-9-24-18(20-14)13-4-5-13)19-17(21)7-3-12-2-6-15-16(8-12)23-10-22-15/h2,6,8-9,11,13H,4-5,10H2,1H3,(H,19,21)/t11-/m0/s1. The smallest absolute Gasteiger partial charge is 0.296 e. The molecule has 0 spiro atoms. The summed E-state index contributed by atoms with van der Waals surface area (Å²) in [4.78, 5) is 16.6. The van der Waals surface area contributed by atoms with Crippen molar-refractivity contribution < 1.29 is 14.3 Å². The van der Waals surface area contributed by atoms with Gasteiger partial charge in [0.05, 0.1) is 16.7 Å². The number of hydrogen-bond acceptors (Lipinski definition) is 5. The van der Waals surface area contributed by atoms with Gasteiger partial charge in [0.25, 0.3) is 5.91 Å². The van der Waals surface area contributed by atoms with E-state index in [-0.39, 0.29) is 18.7 Å². The van der Waals surface area contributed by atoms with Crippen LogP contribution < -0.4 is 14.8 Å². The van der Waals surface area contributed by atoms with E-state index in [4.69, 9.17) is 9.47 Å². The molecule has 1 fully saturated rings. The quantitative estimate of drug-likeness (QED) is 0.873. The van der Waals surface area contributed by atoms with Crippen molar-refractivity contribution in [2.75, 3.05) is 6.79 Å². The summed E-state index contributed by atoms with van der Waals surface area (Å²) in [5, 5.41) is 6.06. The van der Waals surface area contributed by atoms with Crippen molar-refractivity contribution in [3.05, 3.63) is 39.8 Å². The summed E-state index contributed by atoms with van der Waals surface area (Å²) in [5.41, 5.74) is 1.62. The third-order valence-corrected chi connectivity index (χ3v) is 4.98. The molecule has 0 saturated heterocycles. The molecule has 0 unspecified atom stereocenters. The Morgan fingerprint density at radius 1 is 1.38 bits per heavy atom. The largest absolute Gasteiger partial charge is 0.454 e. The Morgan fingerprint density at radius 2 is 2.21 bits per heavy atom. The SMILES string of the molecule is C[C@H](NC(=O)C#Cc1ccc2c(c1)OCO2)c1csc(C2CC2)n1. The number of carbonyl (C=O) groups excluding carboxylic acids is 1. The van der Waals surface area contributed by atoms with Gasteiger partial charge in [-0.1, -0.05) is 5.92 Å². The number of fused-ring (bicyclic) bond motifs is 1. The van der Waals surface area contributed by atoms with Crippen LogP contribution in [0.5, 0.6) is 11.5 Å². The molecule has 1 aliphatic carbocycles. The van der Waals surface area contributed by atoms with Crippen molar-refractivity contribution in [3.63, 3.8) is 0 Å². The van der Waals surface area contributed by atoms with E-state index in [1.54, 1.807) is 29.5 Å². The lowest BCUT2D eigenvalue weighted by molar-refractivity contribution is -0.116. The molecule has 5 nitrogen and oxygen atoms in total. The number of nitrogens with zero attached hydrogens (tertiary/aromatic N) is 1. The predicted octanol–water partition coefficient (Wildman–Crippen LogP) is 2.98. The van der Waals surface area contributed by atoms with E-state index in [0.29, 0.717) is 23.0 Å². The number of hydrogen-bond donors (Lipinski definition) is 1. The summed E-state index contributed by atoms with van der Waals surface area (Å²) in [7, 11) is 0. The molecule has 2 heterocycles. The Balaban J connectivity index is 1.39. The second kappa shape index (κ2) is 6.17. The minimum atomic E-state index is -0.318. The van der Waals surface area contributed by atoms with Crippen LogP contribution in [0, 0.1) is 11.8 Å². The van der Waals surface area contributed by atoms with Crippen LogP contribution in [0.25, 0.3) is 0 Å². The number of thiazole rings is 1. The minimum Gasteiger partial charge on any atom is -0.454 e. The third kappa shape index (κ3) is 3.22. The molecule has 1 N–H and O–H groups in total. The average molecular weight is 340 g/mol. The Hall–Kier alpha value is -2.52. The van der Waals surface area contributed by atoms with Gasteiger partial charge in [-0.15, -0.1) is 11.3 Å². The number of benzene rings is 1. The molecule has 2 aromatic rings. The van der Waals surface area contributed by atoms with Gasteiger partial charge in [-0.25, -0.2) is 4.98 Å². The average Bonchev–Trinajstić information content (AvgIpc) is 3.12. The zero-order chi connectivity index (χ0) is 16.5. The summed E-state index contributed by atoms with van der Waals surface area (Å²) < 4.78 is 10.5. The molecule has 1 aromatic carbocycles. The summed E-state index contributed by atoms with van der Waals surface area (Å²) in [6.07, 6.45) is 2.46. The first kappa shape index (κ1) is 15.0. The van der Waals surface area contributed by atoms with Crippen molar-refractivity contribution in [2.45, 2.75) is 31.7 Å². The topological polar surface area (TPSA) is 60.5 Å². The highest BCUT2D eigenvalue weighted by Crippen LogP contribution is 2.41. The maximum Gasteiger partial charge on any atom is 0.296 e. The molecule has 0 bridgehead atoms. The van der Waals surface area contributed by atoms with Crippen LogP contribution >= 0.6 is 11.3 Å². The summed E-state index contributed by atoms with van der Waals surface area (Å²) >= 11 is 1.67. The molecule has 24 heavy (non-hydrogen) atoms. The van der Waals surface area contributed by atoms with Crippen molar-refractivity contribution in [1.29, 1.82) is 0 Å². The first-order valence-electron chi connectivity index (χ1n) is 7.86. The van der Waals surface area contributed by atoms with Crippen molar-refractivity contribution in [1.82, 2.24) is 10.3 Å². The van der Waals surface area contributed by atoms with Gasteiger partial charge in [0.2, 0.25) is 6.79 Å². The van der Waals surface area contributed by atoms with Crippen LogP contribution in [0.1, 0.15) is 48.0 Å². The van der Waals surface area contributed by atoms with Gasteiger partial charge in [0, 0.05) is 22.8 Å². The molecule has 1 amide bonds. The van der Waals surface area contributed by atoms with Gasteiger partial charge < -0.3 is 14.8 Å². The van der Waals surface area contributed by atoms with E-state index in [9.17, 15) is 4.79 Å². The second-order valence-corrected chi connectivity index (χ2v) is 6.79. The lowest BCUT2D eigenvalue weighted by Crippen LogP contribution is -2.25. The molecular weight excluding hydrogens is 324 g/mol. The van der Waals surface area contributed by atoms with E-state index in [1.807, 2.05) is 12.3 Å². The van der Waals surface area contributed by atoms with E-state index < -0.39 is 0 Å². The fourth-order valence-electron chi connectivity index (χ4n) is 2.43. The number of ether oxygens (including phenoxy) is 2. The molecule has 1 aromatic heterocycles. The first-order valence-corrected chi connectivity index (χ1v) is 8.74. The van der Waals surface area contributed by atoms with Crippen molar-refractivity contribution in [2.24, 2.45) is 0 Å². The van der Waals surface area contributed by atoms with Crippen LogP contribution in [0.15, 0.2) is 23.6 Å². The zero-order valence-electron chi connectivity index (χ0n) is 13.2. The van der Waals surface area contributed by atoms with Crippen LogP contribution in [-0.2, 0) is 4.79 Å². The molecule has 0 radical (unpaired) electrons. The van der Waals surface area contributed by atoms with E-state index >= 15 is 0 Å². The molecule has 1 saturated carbocycles. The lowest BCUT2D eigenvalue weighted by Gasteiger charge is -2.08. The number of aromatic nitrogens is 1. The van der Waals surface area contributed by atoms with E-state index in [1.165, 1.54) is 17.8 Å². The van der Waals surface area contributed by atoms with Crippen molar-refractivity contribution >= 4 is 17.2 Å². The van der Waals surface area contributed by atoms with Gasteiger partial charge in [-0.05, 0) is 38.0 Å². The van der Waals surface area contributed by atoms with E-state index in [2.05, 4.69) is 22.1 Å². The van der Waals surface area contributed by atoms with Gasteiger partial charge in [-0.3, -0.25) is 4.79 Å². The number of nitrogens with one attached hydrogen (secondary N) is 1. The summed E-state index contributed by atoms with van der Waals surface area (Å²) in [6.45, 7) is 2.15. The van der Waals surface area contributed by atoms with Crippen LogP contribution in [0.3, 0.4) is 0 Å². The molecule has 1 atom stereocenters. The number of rotatable bonds is 3. The highest BCUT2D eigenvalue weighted by molar-refractivity contribution is 7.09. The minimum absolute atomic E-state index is 0.146. The molecule has 1 aliphatic heterocycles. The Kier molecular flexibility index (Phi) is 3.87. The summed E-state index contributed by atoms with van der Waals surface area (Å²) in [6, 6.07) is 5.22. The molecular formula is C18H16N2O3S. The normalized spacial score (nSPS) is 16.2. The number of amides is 1. The Morgan fingerprint density at radius 3 is 3.04 bits per heavy atom. The molecule has 6 heteroatoms. The molecule has 2 aliphatic rings. The second-order valence-electron chi connectivity index (χ2n) is 5.90. The zero-order valence-corrected chi connectivity index (χ0v) is 14.0. The maximum absolute atomic E-state index is 12.0. The Bertz CT molecular complexity index is 845. The highest BCUT2D eigenvalue weighted by Gasteiger charge is 2.27. The Labute approximate surface area is 144 Å². The van der Waals surface area contributed by atoms with Crippen LogP contribution in [0.4, 0.5) is 0 Å². The van der Waals surface area contributed by atoms with Gasteiger partial charge in [0.15, 0.2) is 11.5 Å². The van der Waals surface area contributed by atoms with Gasteiger partial charge in [0.1, 0.15) is 0 Å². The third-order valence-electron chi connectivity index (χ3n) is 3.95. The van der Waals surface area contributed by atoms with Crippen LogP contribution in [-0.4, -0.2) is 17.7 Å². The molecule has 4 rings (SSSR count). The fourth-order valence-corrected chi connectivity index (χ4v) is 3.51. The predicted molar refractivity (Wildman–Crippen MR) is 90.1 cm³/mol. The van der Waals surface area contributed by atoms with Crippen LogP contribution in [0.2, 0.25) is 0 Å². The van der Waals surface area contributed by atoms with Crippen molar-refractivity contribution in [3.8, 4) is 23.3 Å².